The van der Waals surface area contributed by atoms with E-state index in [0.29, 0.717) is 11.7 Å². The Labute approximate surface area is 156 Å². The van der Waals surface area contributed by atoms with E-state index in [4.69, 9.17) is 0 Å². The number of aryl methyl sites for hydroxylation is 1. The summed E-state index contributed by atoms with van der Waals surface area (Å²) in [6.45, 7) is 2.41. The van der Waals surface area contributed by atoms with E-state index in [1.165, 1.54) is 74.0 Å². The monoisotopic (exact) mass is 347 g/mol. The molecular formula is C24H29NO. The Morgan fingerprint density at radius 1 is 0.846 bits per heavy atom. The average molecular weight is 348 g/mol. The molecule has 2 nitrogen and oxygen atoms in total. The van der Waals surface area contributed by atoms with E-state index in [0.717, 1.165) is 18.3 Å². The van der Waals surface area contributed by atoms with Crippen molar-refractivity contribution in [2.24, 2.45) is 11.8 Å². The van der Waals surface area contributed by atoms with Crippen LogP contribution in [0.15, 0.2) is 42.5 Å². The Bertz CT molecular complexity index is 771. The van der Waals surface area contributed by atoms with Crippen LogP contribution < -0.4 is 4.90 Å². The number of aromatic hydroxyl groups is 1. The summed E-state index contributed by atoms with van der Waals surface area (Å²) in [5.74, 6) is 2.59. The van der Waals surface area contributed by atoms with Crippen molar-refractivity contribution in [3.05, 3.63) is 59.2 Å². The summed E-state index contributed by atoms with van der Waals surface area (Å²) < 4.78 is 0. The summed E-state index contributed by atoms with van der Waals surface area (Å²) in [5, 5.41) is 9.91. The fraction of sp³-hybridized carbons (Fsp3) is 0.500. The maximum Gasteiger partial charge on any atom is 0.115 e. The van der Waals surface area contributed by atoms with Crippen molar-refractivity contribution >= 4 is 5.69 Å². The summed E-state index contributed by atoms with van der Waals surface area (Å²) in [6, 6.07) is 15.5. The molecule has 1 heterocycles. The van der Waals surface area contributed by atoms with Gasteiger partial charge in [-0.25, -0.2) is 0 Å². The molecule has 0 aromatic heterocycles. The molecule has 0 unspecified atom stereocenters. The molecule has 136 valence electrons. The third-order valence-corrected chi connectivity index (χ3v) is 6.84. The van der Waals surface area contributed by atoms with Crippen LogP contribution in [-0.4, -0.2) is 18.2 Å². The fourth-order valence-electron chi connectivity index (χ4n) is 5.34. The normalized spacial score (nSPS) is 25.8. The van der Waals surface area contributed by atoms with E-state index in [2.05, 4.69) is 35.2 Å². The van der Waals surface area contributed by atoms with E-state index in [1.807, 2.05) is 12.1 Å². The van der Waals surface area contributed by atoms with Crippen molar-refractivity contribution in [2.75, 3.05) is 18.0 Å². The molecule has 1 saturated heterocycles. The summed E-state index contributed by atoms with van der Waals surface area (Å²) in [7, 11) is 0. The summed E-state index contributed by atoms with van der Waals surface area (Å²) in [4.78, 5) is 2.54. The third kappa shape index (κ3) is 3.00. The van der Waals surface area contributed by atoms with Crippen molar-refractivity contribution in [2.45, 2.75) is 50.9 Å². The molecule has 2 aliphatic carbocycles. The number of hydrogen-bond acceptors (Lipinski definition) is 2. The second kappa shape index (κ2) is 6.64. The van der Waals surface area contributed by atoms with Gasteiger partial charge in [-0.05, 0) is 97.7 Å². The number of hydrogen-bond donors (Lipinski definition) is 1. The molecule has 2 fully saturated rings. The fourth-order valence-corrected chi connectivity index (χ4v) is 5.34. The van der Waals surface area contributed by atoms with Gasteiger partial charge >= 0.3 is 0 Å². The van der Waals surface area contributed by atoms with Gasteiger partial charge in [0.25, 0.3) is 0 Å². The van der Waals surface area contributed by atoms with Gasteiger partial charge in [-0.15, -0.1) is 0 Å². The third-order valence-electron chi connectivity index (χ3n) is 6.84. The molecule has 1 aliphatic heterocycles. The van der Waals surface area contributed by atoms with E-state index in [-0.39, 0.29) is 0 Å². The number of phenols is 1. The molecule has 1 N–H and O–H groups in total. The first-order chi connectivity index (χ1) is 12.8. The Hall–Kier alpha value is -1.96. The van der Waals surface area contributed by atoms with Crippen molar-refractivity contribution in [1.82, 2.24) is 0 Å². The number of phenolic OH excluding ortho intramolecular Hbond substituents is 1. The predicted molar refractivity (Wildman–Crippen MR) is 107 cm³/mol. The highest BCUT2D eigenvalue weighted by Gasteiger charge is 2.40. The molecule has 2 heteroatoms. The molecule has 0 radical (unpaired) electrons. The van der Waals surface area contributed by atoms with Crippen LogP contribution in [0.1, 0.15) is 61.1 Å². The molecule has 3 aliphatic rings. The maximum absolute atomic E-state index is 9.91. The quantitative estimate of drug-likeness (QED) is 0.794. The molecule has 2 aromatic carbocycles. The molecule has 0 spiro atoms. The van der Waals surface area contributed by atoms with Gasteiger partial charge in [0, 0.05) is 24.7 Å². The second-order valence-corrected chi connectivity index (χ2v) is 8.54. The SMILES string of the molecule is Oc1ccc2c(c1)CC[C@@H](C1CC1)[C@H]2c1ccc(N2CCCCC2)cc1. The molecule has 26 heavy (non-hydrogen) atoms. The highest BCUT2D eigenvalue weighted by Crippen LogP contribution is 2.52. The smallest absolute Gasteiger partial charge is 0.115 e. The Balaban J connectivity index is 1.48. The number of anilines is 1. The van der Waals surface area contributed by atoms with Crippen molar-refractivity contribution in [3.63, 3.8) is 0 Å². The van der Waals surface area contributed by atoms with Crippen molar-refractivity contribution < 1.29 is 5.11 Å². The Morgan fingerprint density at radius 2 is 1.62 bits per heavy atom. The van der Waals surface area contributed by atoms with Crippen LogP contribution in [-0.2, 0) is 6.42 Å². The van der Waals surface area contributed by atoms with E-state index in [1.54, 1.807) is 0 Å². The second-order valence-electron chi connectivity index (χ2n) is 8.54. The zero-order valence-electron chi connectivity index (χ0n) is 15.5. The van der Waals surface area contributed by atoms with Gasteiger partial charge in [0.1, 0.15) is 5.75 Å². The van der Waals surface area contributed by atoms with Crippen molar-refractivity contribution in [1.29, 1.82) is 0 Å². The summed E-state index contributed by atoms with van der Waals surface area (Å²) >= 11 is 0. The minimum atomic E-state index is 0.410. The first-order valence-electron chi connectivity index (χ1n) is 10.5. The van der Waals surface area contributed by atoms with Gasteiger partial charge in [0.2, 0.25) is 0 Å². The number of benzene rings is 2. The molecule has 0 bridgehead atoms. The minimum Gasteiger partial charge on any atom is -0.508 e. The zero-order valence-corrected chi connectivity index (χ0v) is 15.5. The van der Waals surface area contributed by atoms with Gasteiger partial charge in [0.15, 0.2) is 0 Å². The minimum absolute atomic E-state index is 0.410. The molecule has 2 aromatic rings. The van der Waals surface area contributed by atoms with Gasteiger partial charge in [0.05, 0.1) is 0 Å². The first kappa shape index (κ1) is 16.2. The van der Waals surface area contributed by atoms with Gasteiger partial charge in [-0.2, -0.15) is 0 Å². The lowest BCUT2D eigenvalue weighted by atomic mass is 9.70. The van der Waals surface area contributed by atoms with E-state index >= 15 is 0 Å². The van der Waals surface area contributed by atoms with Crippen LogP contribution in [0, 0.1) is 11.8 Å². The number of piperidine rings is 1. The number of fused-ring (bicyclic) bond motifs is 1. The standard InChI is InChI=1S/C24H29NO/c26-21-11-13-23-19(16-21)8-12-22(17-4-5-17)24(23)18-6-9-20(10-7-18)25-14-2-1-3-15-25/h6-7,9-11,13,16-17,22,24,26H,1-5,8,12,14-15H2/t22-,24+/m0/s1. The average Bonchev–Trinajstić information content (AvgIpc) is 3.53. The lowest BCUT2D eigenvalue weighted by molar-refractivity contribution is 0.361. The van der Waals surface area contributed by atoms with Crippen LogP contribution in [0.5, 0.6) is 5.75 Å². The molecule has 0 amide bonds. The topological polar surface area (TPSA) is 23.5 Å². The van der Waals surface area contributed by atoms with E-state index in [9.17, 15) is 5.11 Å². The van der Waals surface area contributed by atoms with Gasteiger partial charge < -0.3 is 10.0 Å². The van der Waals surface area contributed by atoms with Crippen LogP contribution in [0.25, 0.3) is 0 Å². The largest absolute Gasteiger partial charge is 0.508 e. The van der Waals surface area contributed by atoms with Crippen molar-refractivity contribution in [3.8, 4) is 5.75 Å². The summed E-state index contributed by atoms with van der Waals surface area (Å²) in [5.41, 5.74) is 5.66. The van der Waals surface area contributed by atoms with Crippen LogP contribution in [0.3, 0.4) is 0 Å². The van der Waals surface area contributed by atoms with Crippen LogP contribution in [0.4, 0.5) is 5.69 Å². The van der Waals surface area contributed by atoms with Gasteiger partial charge in [-0.1, -0.05) is 18.2 Å². The number of nitrogens with zero attached hydrogens (tertiary/aromatic N) is 1. The van der Waals surface area contributed by atoms with E-state index < -0.39 is 0 Å². The Kier molecular flexibility index (Phi) is 4.15. The van der Waals surface area contributed by atoms with Crippen LogP contribution in [0.2, 0.25) is 0 Å². The highest BCUT2D eigenvalue weighted by atomic mass is 16.3. The molecular weight excluding hydrogens is 318 g/mol. The lowest BCUT2D eigenvalue weighted by Gasteiger charge is -2.35. The Morgan fingerprint density at radius 3 is 2.35 bits per heavy atom. The van der Waals surface area contributed by atoms with Gasteiger partial charge in [-0.3, -0.25) is 0 Å². The highest BCUT2D eigenvalue weighted by molar-refractivity contribution is 5.51. The maximum atomic E-state index is 9.91. The zero-order chi connectivity index (χ0) is 17.5. The summed E-state index contributed by atoms with van der Waals surface area (Å²) in [6.07, 6.45) is 9.22. The molecule has 1 saturated carbocycles. The first-order valence-corrected chi connectivity index (χ1v) is 10.5. The van der Waals surface area contributed by atoms with Crippen LogP contribution >= 0.6 is 0 Å². The predicted octanol–water partition coefficient (Wildman–Crippen LogP) is 5.49. The lowest BCUT2D eigenvalue weighted by Crippen LogP contribution is -2.29. The number of rotatable bonds is 3. The molecule has 5 rings (SSSR count). The molecule has 2 atom stereocenters.